The van der Waals surface area contributed by atoms with Crippen LogP contribution < -0.4 is 5.32 Å². The monoisotopic (exact) mass is 299 g/mol. The number of benzene rings is 2. The van der Waals surface area contributed by atoms with Gasteiger partial charge in [-0.15, -0.1) is 0 Å². The SMILES string of the molecule is CNC(c1c(F)cccc1Cl)c1c(F)ccc(C)c1F. The van der Waals surface area contributed by atoms with Gasteiger partial charge in [0.2, 0.25) is 0 Å². The van der Waals surface area contributed by atoms with Crippen LogP contribution in [0.4, 0.5) is 13.2 Å². The van der Waals surface area contributed by atoms with Crippen LogP contribution >= 0.6 is 11.6 Å². The van der Waals surface area contributed by atoms with Crippen LogP contribution in [0.5, 0.6) is 0 Å². The van der Waals surface area contributed by atoms with Crippen LogP contribution in [0.15, 0.2) is 30.3 Å². The number of halogens is 4. The summed E-state index contributed by atoms with van der Waals surface area (Å²) in [6.07, 6.45) is 0. The van der Waals surface area contributed by atoms with E-state index in [1.807, 2.05) is 0 Å². The lowest BCUT2D eigenvalue weighted by Gasteiger charge is -2.21. The predicted octanol–water partition coefficient (Wildman–Crippen LogP) is 4.37. The molecule has 1 nitrogen and oxygen atoms in total. The van der Waals surface area contributed by atoms with Crippen molar-refractivity contribution in [1.29, 1.82) is 0 Å². The van der Waals surface area contributed by atoms with Gasteiger partial charge in [0, 0.05) is 16.1 Å². The lowest BCUT2D eigenvalue weighted by atomic mass is 9.95. The summed E-state index contributed by atoms with van der Waals surface area (Å²) in [5.74, 6) is -2.06. The molecule has 5 heteroatoms. The number of rotatable bonds is 3. The molecule has 0 aliphatic carbocycles. The Labute approximate surface area is 120 Å². The zero-order valence-corrected chi connectivity index (χ0v) is 11.7. The average Bonchev–Trinajstić information content (AvgIpc) is 2.41. The molecule has 20 heavy (non-hydrogen) atoms. The molecule has 0 amide bonds. The van der Waals surface area contributed by atoms with Gasteiger partial charge >= 0.3 is 0 Å². The molecule has 0 saturated carbocycles. The molecule has 0 bridgehead atoms. The molecule has 0 saturated heterocycles. The minimum absolute atomic E-state index is 0.0278. The zero-order chi connectivity index (χ0) is 14.9. The van der Waals surface area contributed by atoms with Crippen molar-refractivity contribution in [3.05, 3.63) is 69.5 Å². The Morgan fingerprint density at radius 3 is 2.25 bits per heavy atom. The van der Waals surface area contributed by atoms with Gasteiger partial charge in [-0.1, -0.05) is 23.7 Å². The third-order valence-corrected chi connectivity index (χ3v) is 3.51. The van der Waals surface area contributed by atoms with Gasteiger partial charge in [-0.05, 0) is 37.7 Å². The Balaban J connectivity index is 2.68. The topological polar surface area (TPSA) is 12.0 Å². The Morgan fingerprint density at radius 1 is 1.00 bits per heavy atom. The minimum Gasteiger partial charge on any atom is -0.309 e. The van der Waals surface area contributed by atoms with Gasteiger partial charge in [-0.2, -0.15) is 0 Å². The number of aryl methyl sites for hydroxylation is 1. The van der Waals surface area contributed by atoms with Crippen molar-refractivity contribution in [1.82, 2.24) is 5.32 Å². The van der Waals surface area contributed by atoms with E-state index in [-0.39, 0.29) is 21.7 Å². The van der Waals surface area contributed by atoms with Crippen LogP contribution in [-0.4, -0.2) is 7.05 Å². The van der Waals surface area contributed by atoms with E-state index < -0.39 is 23.5 Å². The molecule has 1 unspecified atom stereocenters. The molecule has 0 aliphatic heterocycles. The summed E-state index contributed by atoms with van der Waals surface area (Å²) in [6.45, 7) is 1.52. The van der Waals surface area contributed by atoms with Gasteiger partial charge in [-0.25, -0.2) is 13.2 Å². The standard InChI is InChI=1S/C15H13ClF3N/c1-8-6-7-11(18)13(14(8)19)15(20-2)12-9(16)4-3-5-10(12)17/h3-7,15,20H,1-2H3. The van der Waals surface area contributed by atoms with Crippen molar-refractivity contribution >= 4 is 11.6 Å². The Bertz CT molecular complexity index is 623. The summed E-state index contributed by atoms with van der Waals surface area (Å²) >= 11 is 5.97. The van der Waals surface area contributed by atoms with Gasteiger partial charge in [0.05, 0.1) is 6.04 Å². The minimum atomic E-state index is -0.997. The van der Waals surface area contributed by atoms with E-state index in [0.29, 0.717) is 0 Å². The normalized spacial score (nSPS) is 12.5. The molecule has 0 heterocycles. The summed E-state index contributed by atoms with van der Waals surface area (Å²) in [5.41, 5.74) is 0.0775. The van der Waals surface area contributed by atoms with Crippen LogP contribution in [0, 0.1) is 24.4 Å². The van der Waals surface area contributed by atoms with Crippen LogP contribution in [0.25, 0.3) is 0 Å². The smallest absolute Gasteiger partial charge is 0.134 e. The highest BCUT2D eigenvalue weighted by molar-refractivity contribution is 6.31. The average molecular weight is 300 g/mol. The number of nitrogens with one attached hydrogen (secondary N) is 1. The van der Waals surface area contributed by atoms with Crippen molar-refractivity contribution in [3.8, 4) is 0 Å². The highest BCUT2D eigenvalue weighted by atomic mass is 35.5. The first kappa shape index (κ1) is 14.9. The largest absolute Gasteiger partial charge is 0.309 e. The molecule has 1 atom stereocenters. The molecule has 0 radical (unpaired) electrons. The van der Waals surface area contributed by atoms with Crippen LogP contribution in [-0.2, 0) is 0 Å². The van der Waals surface area contributed by atoms with E-state index >= 15 is 0 Å². The molecule has 2 aromatic carbocycles. The Hall–Kier alpha value is -1.52. The third-order valence-electron chi connectivity index (χ3n) is 3.19. The van der Waals surface area contributed by atoms with E-state index in [1.165, 1.54) is 38.2 Å². The third kappa shape index (κ3) is 2.53. The zero-order valence-electron chi connectivity index (χ0n) is 11.0. The van der Waals surface area contributed by atoms with Gasteiger partial charge < -0.3 is 5.32 Å². The lowest BCUT2D eigenvalue weighted by Crippen LogP contribution is -2.22. The van der Waals surface area contributed by atoms with Crippen molar-refractivity contribution in [3.63, 3.8) is 0 Å². The molecular weight excluding hydrogens is 287 g/mol. The maximum Gasteiger partial charge on any atom is 0.134 e. The first-order chi connectivity index (χ1) is 9.47. The van der Waals surface area contributed by atoms with Gasteiger partial charge in [-0.3, -0.25) is 0 Å². The van der Waals surface area contributed by atoms with E-state index in [9.17, 15) is 13.2 Å². The van der Waals surface area contributed by atoms with Gasteiger partial charge in [0.1, 0.15) is 17.5 Å². The lowest BCUT2D eigenvalue weighted by molar-refractivity contribution is 0.504. The van der Waals surface area contributed by atoms with Crippen molar-refractivity contribution < 1.29 is 13.2 Å². The second-order valence-electron chi connectivity index (χ2n) is 4.45. The number of hydrogen-bond donors (Lipinski definition) is 1. The Morgan fingerprint density at radius 2 is 1.65 bits per heavy atom. The van der Waals surface area contributed by atoms with E-state index in [0.717, 1.165) is 6.07 Å². The molecular formula is C15H13ClF3N. The summed E-state index contributed by atoms with van der Waals surface area (Å²) in [6, 6.07) is 5.63. The first-order valence-corrected chi connectivity index (χ1v) is 6.40. The maximum absolute atomic E-state index is 14.2. The number of hydrogen-bond acceptors (Lipinski definition) is 1. The second kappa shape index (κ2) is 5.85. The quantitative estimate of drug-likeness (QED) is 0.887. The van der Waals surface area contributed by atoms with Crippen LogP contribution in [0.3, 0.4) is 0 Å². The van der Waals surface area contributed by atoms with Crippen LogP contribution in [0.2, 0.25) is 5.02 Å². The van der Waals surface area contributed by atoms with E-state index in [2.05, 4.69) is 5.32 Å². The Kier molecular flexibility index (Phi) is 4.35. The molecule has 0 spiro atoms. The second-order valence-corrected chi connectivity index (χ2v) is 4.86. The molecule has 0 aliphatic rings. The molecule has 2 aromatic rings. The summed E-state index contributed by atoms with van der Waals surface area (Å²) in [7, 11) is 1.49. The van der Waals surface area contributed by atoms with Crippen LogP contribution in [0.1, 0.15) is 22.7 Å². The van der Waals surface area contributed by atoms with Crippen molar-refractivity contribution in [2.75, 3.05) is 7.05 Å². The summed E-state index contributed by atoms with van der Waals surface area (Å²) in [5, 5.41) is 2.84. The van der Waals surface area contributed by atoms with Gasteiger partial charge in [0.25, 0.3) is 0 Å². The molecule has 0 fully saturated rings. The predicted molar refractivity (Wildman–Crippen MR) is 73.4 cm³/mol. The highest BCUT2D eigenvalue weighted by Gasteiger charge is 2.26. The molecule has 106 valence electrons. The van der Waals surface area contributed by atoms with E-state index in [4.69, 9.17) is 11.6 Å². The molecule has 0 aromatic heterocycles. The first-order valence-electron chi connectivity index (χ1n) is 6.03. The highest BCUT2D eigenvalue weighted by Crippen LogP contribution is 2.33. The van der Waals surface area contributed by atoms with Crippen molar-refractivity contribution in [2.45, 2.75) is 13.0 Å². The summed E-state index contributed by atoms with van der Waals surface area (Å²) in [4.78, 5) is 0. The fourth-order valence-corrected chi connectivity index (χ4v) is 2.43. The molecule has 2 rings (SSSR count). The fraction of sp³-hybridized carbons (Fsp3) is 0.200. The summed E-state index contributed by atoms with van der Waals surface area (Å²) < 4.78 is 42.1. The fourth-order valence-electron chi connectivity index (χ4n) is 2.16. The van der Waals surface area contributed by atoms with Gasteiger partial charge in [0.15, 0.2) is 0 Å². The van der Waals surface area contributed by atoms with Crippen molar-refractivity contribution in [2.24, 2.45) is 0 Å². The molecule has 1 N–H and O–H groups in total. The maximum atomic E-state index is 14.2. The van der Waals surface area contributed by atoms with E-state index in [1.54, 1.807) is 0 Å².